The van der Waals surface area contributed by atoms with Crippen LogP contribution < -0.4 is 0 Å². The highest BCUT2D eigenvalue weighted by Gasteiger charge is 2.23. The quantitative estimate of drug-likeness (QED) is 0.713. The maximum atomic E-state index is 10.4. The van der Waals surface area contributed by atoms with Crippen LogP contribution in [0.3, 0.4) is 0 Å². The highest BCUT2D eigenvalue weighted by molar-refractivity contribution is 5.66. The Bertz CT molecular complexity index is 159. The number of aliphatic carboxylic acids is 1. The fourth-order valence-corrected chi connectivity index (χ4v) is 2.51. The maximum Gasteiger partial charge on any atom is 0.303 e. The van der Waals surface area contributed by atoms with Gasteiger partial charge in [-0.3, -0.25) is 4.79 Å². The van der Waals surface area contributed by atoms with Crippen molar-refractivity contribution >= 4 is 5.97 Å². The van der Waals surface area contributed by atoms with Gasteiger partial charge in [0.25, 0.3) is 0 Å². The van der Waals surface area contributed by atoms with Crippen LogP contribution in [0.1, 0.15) is 51.9 Å². The fraction of sp³-hybridized carbons (Fsp3) is 0.909. The predicted molar refractivity (Wildman–Crippen MR) is 52.6 cm³/mol. The van der Waals surface area contributed by atoms with Gasteiger partial charge in [-0.25, -0.2) is 0 Å². The smallest absolute Gasteiger partial charge is 0.303 e. The zero-order chi connectivity index (χ0) is 9.68. The van der Waals surface area contributed by atoms with Gasteiger partial charge in [0, 0.05) is 6.42 Å². The van der Waals surface area contributed by atoms with Crippen LogP contribution in [-0.2, 0) is 4.79 Å². The van der Waals surface area contributed by atoms with E-state index in [1.54, 1.807) is 0 Å². The topological polar surface area (TPSA) is 37.3 Å². The molecule has 1 saturated carbocycles. The van der Waals surface area contributed by atoms with E-state index in [9.17, 15) is 4.79 Å². The van der Waals surface area contributed by atoms with Gasteiger partial charge in [0.1, 0.15) is 0 Å². The molecule has 1 aliphatic carbocycles. The first-order valence-corrected chi connectivity index (χ1v) is 5.45. The molecule has 1 fully saturated rings. The molecule has 0 heterocycles. The van der Waals surface area contributed by atoms with Crippen molar-refractivity contribution in [3.63, 3.8) is 0 Å². The van der Waals surface area contributed by atoms with Crippen LogP contribution in [0.15, 0.2) is 0 Å². The molecule has 0 spiro atoms. The largest absolute Gasteiger partial charge is 0.481 e. The van der Waals surface area contributed by atoms with Gasteiger partial charge in [-0.2, -0.15) is 0 Å². The van der Waals surface area contributed by atoms with E-state index in [4.69, 9.17) is 5.11 Å². The van der Waals surface area contributed by atoms with E-state index in [0.29, 0.717) is 12.3 Å². The summed E-state index contributed by atoms with van der Waals surface area (Å²) in [4.78, 5) is 10.4. The van der Waals surface area contributed by atoms with Gasteiger partial charge in [0.05, 0.1) is 0 Å². The Balaban J connectivity index is 2.28. The van der Waals surface area contributed by atoms with Gasteiger partial charge < -0.3 is 5.11 Å². The lowest BCUT2D eigenvalue weighted by Gasteiger charge is -2.20. The predicted octanol–water partition coefficient (Wildman–Crippen LogP) is 3.07. The van der Waals surface area contributed by atoms with Crippen molar-refractivity contribution in [2.75, 3.05) is 0 Å². The lowest BCUT2D eigenvalue weighted by atomic mass is 9.85. The molecule has 0 amide bonds. The van der Waals surface area contributed by atoms with Crippen molar-refractivity contribution in [1.82, 2.24) is 0 Å². The highest BCUT2D eigenvalue weighted by atomic mass is 16.4. The van der Waals surface area contributed by atoms with Gasteiger partial charge in [0.2, 0.25) is 0 Å². The van der Waals surface area contributed by atoms with E-state index >= 15 is 0 Å². The molecule has 0 radical (unpaired) electrons. The standard InChI is InChI=1S/C11H20O2/c1-2-9(7-8-11(12)13)10-5-3-4-6-10/h9-10H,2-8H2,1H3,(H,12,13). The van der Waals surface area contributed by atoms with Gasteiger partial charge in [-0.1, -0.05) is 39.0 Å². The zero-order valence-corrected chi connectivity index (χ0v) is 8.46. The molecular formula is C11H20O2. The lowest BCUT2D eigenvalue weighted by molar-refractivity contribution is -0.137. The molecule has 1 atom stereocenters. The number of rotatable bonds is 5. The summed E-state index contributed by atoms with van der Waals surface area (Å²) in [5, 5.41) is 8.60. The van der Waals surface area contributed by atoms with Crippen molar-refractivity contribution in [2.45, 2.75) is 51.9 Å². The average molecular weight is 184 g/mol. The summed E-state index contributed by atoms with van der Waals surface area (Å²) in [6.07, 6.45) is 7.77. The molecule has 0 bridgehead atoms. The van der Waals surface area contributed by atoms with Crippen molar-refractivity contribution in [2.24, 2.45) is 11.8 Å². The van der Waals surface area contributed by atoms with E-state index in [1.165, 1.54) is 25.7 Å². The summed E-state index contributed by atoms with van der Waals surface area (Å²) in [6.45, 7) is 2.19. The minimum absolute atomic E-state index is 0.356. The molecule has 1 N–H and O–H groups in total. The summed E-state index contributed by atoms with van der Waals surface area (Å²) in [7, 11) is 0. The molecule has 0 aromatic heterocycles. The second-order valence-electron chi connectivity index (χ2n) is 4.15. The normalized spacial score (nSPS) is 20.4. The minimum atomic E-state index is -0.642. The Kier molecular flexibility index (Phi) is 4.26. The Morgan fingerprint density at radius 2 is 2.08 bits per heavy atom. The highest BCUT2D eigenvalue weighted by Crippen LogP contribution is 2.35. The number of carbonyl (C=O) groups is 1. The van der Waals surface area contributed by atoms with Crippen LogP contribution >= 0.6 is 0 Å². The van der Waals surface area contributed by atoms with E-state index in [0.717, 1.165) is 18.8 Å². The molecule has 1 aliphatic rings. The van der Waals surface area contributed by atoms with Crippen LogP contribution in [0.25, 0.3) is 0 Å². The summed E-state index contributed by atoms with van der Waals surface area (Å²) in [6, 6.07) is 0. The van der Waals surface area contributed by atoms with Gasteiger partial charge in [-0.05, 0) is 18.3 Å². The average Bonchev–Trinajstić information content (AvgIpc) is 2.58. The van der Waals surface area contributed by atoms with Gasteiger partial charge in [0.15, 0.2) is 0 Å². The molecule has 2 nitrogen and oxygen atoms in total. The van der Waals surface area contributed by atoms with Crippen LogP contribution in [0.5, 0.6) is 0 Å². The molecule has 2 heteroatoms. The summed E-state index contributed by atoms with van der Waals surface area (Å²) in [5.41, 5.74) is 0. The molecular weight excluding hydrogens is 164 g/mol. The number of carboxylic acid groups (broad SMARTS) is 1. The minimum Gasteiger partial charge on any atom is -0.481 e. The van der Waals surface area contributed by atoms with Crippen molar-refractivity contribution < 1.29 is 9.90 Å². The Labute approximate surface area is 80.3 Å². The van der Waals surface area contributed by atoms with E-state index < -0.39 is 5.97 Å². The van der Waals surface area contributed by atoms with E-state index in [-0.39, 0.29) is 0 Å². The second kappa shape index (κ2) is 5.25. The van der Waals surface area contributed by atoms with Crippen LogP contribution in [0, 0.1) is 11.8 Å². The Morgan fingerprint density at radius 3 is 2.54 bits per heavy atom. The lowest BCUT2D eigenvalue weighted by Crippen LogP contribution is -2.12. The van der Waals surface area contributed by atoms with Crippen molar-refractivity contribution in [1.29, 1.82) is 0 Å². The first kappa shape index (κ1) is 10.6. The SMILES string of the molecule is CCC(CCC(=O)O)C1CCCC1. The maximum absolute atomic E-state index is 10.4. The molecule has 76 valence electrons. The third-order valence-corrected chi connectivity index (χ3v) is 3.32. The Morgan fingerprint density at radius 1 is 1.46 bits per heavy atom. The van der Waals surface area contributed by atoms with E-state index in [2.05, 4.69) is 6.92 Å². The third-order valence-electron chi connectivity index (χ3n) is 3.32. The molecule has 0 aromatic carbocycles. The fourth-order valence-electron chi connectivity index (χ4n) is 2.51. The molecule has 1 rings (SSSR count). The number of hydrogen-bond donors (Lipinski definition) is 1. The summed E-state index contributed by atoms with van der Waals surface area (Å²) < 4.78 is 0. The monoisotopic (exact) mass is 184 g/mol. The zero-order valence-electron chi connectivity index (χ0n) is 8.46. The summed E-state index contributed by atoms with van der Waals surface area (Å²) >= 11 is 0. The summed E-state index contributed by atoms with van der Waals surface area (Å²) in [5.74, 6) is 0.847. The third kappa shape index (κ3) is 3.37. The van der Waals surface area contributed by atoms with Crippen LogP contribution in [0.2, 0.25) is 0 Å². The van der Waals surface area contributed by atoms with Crippen LogP contribution in [-0.4, -0.2) is 11.1 Å². The number of carboxylic acids is 1. The van der Waals surface area contributed by atoms with Crippen molar-refractivity contribution in [3.8, 4) is 0 Å². The molecule has 1 unspecified atom stereocenters. The second-order valence-corrected chi connectivity index (χ2v) is 4.15. The van der Waals surface area contributed by atoms with Crippen LogP contribution in [0.4, 0.5) is 0 Å². The first-order chi connectivity index (χ1) is 6.24. The molecule has 13 heavy (non-hydrogen) atoms. The van der Waals surface area contributed by atoms with Crippen molar-refractivity contribution in [3.05, 3.63) is 0 Å². The van der Waals surface area contributed by atoms with E-state index in [1.807, 2.05) is 0 Å². The Hall–Kier alpha value is -0.530. The number of hydrogen-bond acceptors (Lipinski definition) is 1. The van der Waals surface area contributed by atoms with Gasteiger partial charge in [-0.15, -0.1) is 0 Å². The first-order valence-electron chi connectivity index (χ1n) is 5.45. The molecule has 0 aromatic rings. The molecule has 0 aliphatic heterocycles. The van der Waals surface area contributed by atoms with Gasteiger partial charge >= 0.3 is 5.97 Å². The molecule has 0 saturated heterocycles.